The van der Waals surface area contributed by atoms with Crippen molar-refractivity contribution in [2.75, 3.05) is 0 Å². The third kappa shape index (κ3) is 1.31. The highest BCUT2D eigenvalue weighted by atomic mass is 32.8. The smallest absolute Gasteiger partial charge is 0.164 e. The molecular weight excluding hydrogens is 144 g/mol. The molecule has 0 aromatic heterocycles. The monoisotopic (exact) mass is 148 g/mol. The van der Waals surface area contributed by atoms with Gasteiger partial charge in [-0.15, -0.1) is 0 Å². The van der Waals surface area contributed by atoms with E-state index in [1.165, 1.54) is 6.26 Å². The molecule has 1 unspecified atom stereocenters. The summed E-state index contributed by atoms with van der Waals surface area (Å²) in [6.45, 7) is 0. The molecular formula is C4H4O2S2. The Labute approximate surface area is 52.7 Å². The predicted molar refractivity (Wildman–Crippen MR) is 34.9 cm³/mol. The summed E-state index contributed by atoms with van der Waals surface area (Å²) in [5.74, 6) is 0. The minimum atomic E-state index is -0.558. The first-order valence-corrected chi connectivity index (χ1v) is 4.44. The van der Waals surface area contributed by atoms with Crippen molar-refractivity contribution in [3.63, 3.8) is 0 Å². The SMILES string of the molecule is O=S=S1C=CC=CO1. The fourth-order valence-corrected chi connectivity index (χ4v) is 1.41. The lowest BCUT2D eigenvalue weighted by Gasteiger charge is -1.97. The van der Waals surface area contributed by atoms with Gasteiger partial charge in [0, 0.05) is 5.41 Å². The third-order valence-electron chi connectivity index (χ3n) is 0.597. The molecule has 2 nitrogen and oxygen atoms in total. The van der Waals surface area contributed by atoms with Gasteiger partial charge in [-0.2, -0.15) is 0 Å². The van der Waals surface area contributed by atoms with E-state index in [1.54, 1.807) is 17.6 Å². The molecule has 0 saturated carbocycles. The molecule has 0 N–H and O–H groups in total. The maximum absolute atomic E-state index is 10.0. The van der Waals surface area contributed by atoms with Gasteiger partial charge in [-0.3, -0.25) is 0 Å². The molecule has 0 radical (unpaired) electrons. The van der Waals surface area contributed by atoms with Crippen molar-refractivity contribution in [1.82, 2.24) is 0 Å². The summed E-state index contributed by atoms with van der Waals surface area (Å²) in [4.78, 5) is 0. The lowest BCUT2D eigenvalue weighted by Crippen LogP contribution is -1.86. The Bertz CT molecular complexity index is 188. The first kappa shape index (κ1) is 5.78. The fraction of sp³-hybridized carbons (Fsp3) is 0. The first-order valence-electron chi connectivity index (χ1n) is 1.97. The molecule has 0 aromatic rings. The van der Waals surface area contributed by atoms with Gasteiger partial charge in [0.1, 0.15) is 16.0 Å². The van der Waals surface area contributed by atoms with Crippen LogP contribution < -0.4 is 0 Å². The second-order valence-corrected chi connectivity index (χ2v) is 3.60. The highest BCUT2D eigenvalue weighted by Crippen LogP contribution is 1.97. The molecule has 0 fully saturated rings. The Morgan fingerprint density at radius 2 is 2.38 bits per heavy atom. The Morgan fingerprint density at radius 1 is 1.50 bits per heavy atom. The molecule has 0 aliphatic carbocycles. The Kier molecular flexibility index (Phi) is 2.05. The summed E-state index contributed by atoms with van der Waals surface area (Å²) in [5, 5.41) is 1.73. The predicted octanol–water partition coefficient (Wildman–Crippen LogP) is 0.705. The van der Waals surface area contributed by atoms with E-state index in [9.17, 15) is 4.21 Å². The van der Waals surface area contributed by atoms with E-state index in [0.717, 1.165) is 0 Å². The molecule has 0 saturated heterocycles. The quantitative estimate of drug-likeness (QED) is 0.505. The minimum absolute atomic E-state index is 0.463. The van der Waals surface area contributed by atoms with Crippen LogP contribution in [0, 0.1) is 0 Å². The van der Waals surface area contributed by atoms with Crippen molar-refractivity contribution >= 4 is 20.0 Å². The molecule has 0 spiro atoms. The molecule has 1 heterocycles. The second-order valence-electron chi connectivity index (χ2n) is 1.08. The van der Waals surface area contributed by atoms with E-state index >= 15 is 0 Å². The molecule has 4 heteroatoms. The van der Waals surface area contributed by atoms with E-state index in [1.807, 2.05) is 0 Å². The summed E-state index contributed by atoms with van der Waals surface area (Å²) in [5.41, 5.74) is 0. The van der Waals surface area contributed by atoms with Crippen molar-refractivity contribution in [2.45, 2.75) is 0 Å². The van der Waals surface area contributed by atoms with Crippen LogP contribution in [0.3, 0.4) is 0 Å². The van der Waals surface area contributed by atoms with Crippen molar-refractivity contribution in [3.8, 4) is 0 Å². The lowest BCUT2D eigenvalue weighted by molar-refractivity contribution is 0.562. The van der Waals surface area contributed by atoms with Gasteiger partial charge in [0.15, 0.2) is 10.2 Å². The van der Waals surface area contributed by atoms with Gasteiger partial charge >= 0.3 is 0 Å². The molecule has 0 amide bonds. The molecule has 0 aromatic carbocycles. The number of allylic oxidation sites excluding steroid dienone is 2. The van der Waals surface area contributed by atoms with E-state index in [0.29, 0.717) is 10.2 Å². The van der Waals surface area contributed by atoms with E-state index in [2.05, 4.69) is 0 Å². The maximum atomic E-state index is 10.0. The lowest BCUT2D eigenvalue weighted by atomic mass is 10.6. The van der Waals surface area contributed by atoms with Crippen molar-refractivity contribution in [1.29, 1.82) is 0 Å². The zero-order valence-electron chi connectivity index (χ0n) is 3.94. The average molecular weight is 148 g/mol. The van der Waals surface area contributed by atoms with Gasteiger partial charge in [-0.05, 0) is 12.2 Å². The van der Waals surface area contributed by atoms with Crippen LogP contribution >= 0.6 is 0 Å². The number of hydrogen-bond donors (Lipinski definition) is 0. The molecule has 1 aliphatic heterocycles. The summed E-state index contributed by atoms with van der Waals surface area (Å²) >= 11 is 0. The molecule has 1 rings (SSSR count). The minimum Gasteiger partial charge on any atom is -0.425 e. The third-order valence-corrected chi connectivity index (χ3v) is 2.38. The van der Waals surface area contributed by atoms with Gasteiger partial charge in [0.25, 0.3) is 0 Å². The normalized spacial score (nSPS) is 24.8. The number of rotatable bonds is 0. The molecule has 44 valence electrons. The highest BCUT2D eigenvalue weighted by molar-refractivity contribution is 8.30. The van der Waals surface area contributed by atoms with E-state index in [-0.39, 0.29) is 0 Å². The average Bonchev–Trinajstić information content (AvgIpc) is 1.90. The maximum Gasteiger partial charge on any atom is 0.164 e. The topological polar surface area (TPSA) is 26.3 Å². The molecule has 1 atom stereocenters. The van der Waals surface area contributed by atoms with Crippen LogP contribution in [0.5, 0.6) is 0 Å². The summed E-state index contributed by atoms with van der Waals surface area (Å²) < 4.78 is 14.8. The van der Waals surface area contributed by atoms with Gasteiger partial charge in [-0.1, -0.05) is 0 Å². The molecule has 1 aliphatic rings. The van der Waals surface area contributed by atoms with Gasteiger partial charge in [0.2, 0.25) is 0 Å². The van der Waals surface area contributed by atoms with Crippen LogP contribution in [0.15, 0.2) is 23.8 Å². The fourth-order valence-electron chi connectivity index (χ4n) is 0.312. The zero-order valence-corrected chi connectivity index (χ0v) is 5.58. The standard InChI is InChI=1S/C4H4O2S2/c5-7-8-4-2-1-3-6-8/h1-4H. The molecule has 8 heavy (non-hydrogen) atoms. The van der Waals surface area contributed by atoms with Crippen LogP contribution in [0.4, 0.5) is 0 Å². The van der Waals surface area contributed by atoms with Crippen molar-refractivity contribution in [2.24, 2.45) is 0 Å². The van der Waals surface area contributed by atoms with Crippen LogP contribution in [-0.2, 0) is 24.1 Å². The van der Waals surface area contributed by atoms with Crippen molar-refractivity contribution in [3.05, 3.63) is 23.8 Å². The summed E-state index contributed by atoms with van der Waals surface area (Å²) in [6.07, 6.45) is 5.07. The van der Waals surface area contributed by atoms with E-state index < -0.39 is 9.74 Å². The van der Waals surface area contributed by atoms with Gasteiger partial charge < -0.3 is 4.18 Å². The van der Waals surface area contributed by atoms with Gasteiger partial charge in [-0.25, -0.2) is 4.21 Å². The van der Waals surface area contributed by atoms with Crippen LogP contribution in [-0.4, -0.2) is 4.21 Å². The Morgan fingerprint density at radius 3 is 2.75 bits per heavy atom. The zero-order chi connectivity index (χ0) is 5.82. The number of hydrogen-bond acceptors (Lipinski definition) is 2. The Balaban J connectivity index is 2.80. The van der Waals surface area contributed by atoms with Crippen molar-refractivity contribution < 1.29 is 8.39 Å². The summed E-state index contributed by atoms with van der Waals surface area (Å²) in [7, 11) is -0.0946. The first-order chi connectivity index (χ1) is 3.93. The second kappa shape index (κ2) is 2.84. The largest absolute Gasteiger partial charge is 0.425 e. The van der Waals surface area contributed by atoms with Gasteiger partial charge in [0.05, 0.1) is 0 Å². The van der Waals surface area contributed by atoms with Crippen LogP contribution in [0.1, 0.15) is 0 Å². The van der Waals surface area contributed by atoms with Crippen LogP contribution in [0.25, 0.3) is 0 Å². The highest BCUT2D eigenvalue weighted by Gasteiger charge is 1.88. The summed E-state index contributed by atoms with van der Waals surface area (Å²) in [6, 6.07) is 0. The van der Waals surface area contributed by atoms with E-state index in [4.69, 9.17) is 4.18 Å². The van der Waals surface area contributed by atoms with Crippen LogP contribution in [0.2, 0.25) is 0 Å². The molecule has 0 bridgehead atoms. The Hall–Kier alpha value is -0.350.